The third-order valence-electron chi connectivity index (χ3n) is 5.21. The summed E-state index contributed by atoms with van der Waals surface area (Å²) in [6, 6.07) is 23.8. The molecule has 35 heavy (non-hydrogen) atoms. The normalized spacial score (nSPS) is 12.0. The summed E-state index contributed by atoms with van der Waals surface area (Å²) in [6.07, 6.45) is 0.375. The number of hydrogen-bond acceptors (Lipinski definition) is 3. The molecule has 0 bridgehead atoms. The molecule has 1 unspecified atom stereocenters. The average molecular weight is 558 g/mol. The summed E-state index contributed by atoms with van der Waals surface area (Å²) in [5, 5.41) is 3.45. The van der Waals surface area contributed by atoms with E-state index in [-0.39, 0.29) is 25.0 Å². The Morgan fingerprint density at radius 2 is 1.57 bits per heavy atom. The Morgan fingerprint density at radius 1 is 0.971 bits per heavy atom. The average Bonchev–Trinajstić information content (AvgIpc) is 2.81. The molecule has 1 N–H and O–H groups in total. The van der Waals surface area contributed by atoms with Gasteiger partial charge in [0.25, 0.3) is 5.91 Å². The van der Waals surface area contributed by atoms with E-state index in [9.17, 15) is 9.59 Å². The molecule has 0 aliphatic rings. The first kappa shape index (κ1) is 26.8. The first-order valence-electron chi connectivity index (χ1n) is 11.4. The topological polar surface area (TPSA) is 58.6 Å². The third-order valence-corrected chi connectivity index (χ3v) is 6.00. The number of carbonyl (C=O) groups is 2. The number of amides is 2. The summed E-state index contributed by atoms with van der Waals surface area (Å²) in [4.78, 5) is 28.7. The van der Waals surface area contributed by atoms with Gasteiger partial charge in [0.05, 0.1) is 5.02 Å². The lowest BCUT2D eigenvalue weighted by Crippen LogP contribution is -2.55. The second-order valence-electron chi connectivity index (χ2n) is 9.32. The van der Waals surface area contributed by atoms with Crippen molar-refractivity contribution in [3.8, 4) is 5.75 Å². The molecule has 3 rings (SSSR count). The van der Waals surface area contributed by atoms with Crippen molar-refractivity contribution in [2.45, 2.75) is 45.3 Å². The lowest BCUT2D eigenvalue weighted by molar-refractivity contribution is -0.143. The van der Waals surface area contributed by atoms with Gasteiger partial charge in [0.15, 0.2) is 6.61 Å². The van der Waals surface area contributed by atoms with Gasteiger partial charge in [-0.25, -0.2) is 0 Å². The molecular formula is C28H30BrClN2O3. The molecule has 5 nitrogen and oxygen atoms in total. The van der Waals surface area contributed by atoms with E-state index in [1.807, 2.05) is 81.4 Å². The highest BCUT2D eigenvalue weighted by molar-refractivity contribution is 9.10. The first-order chi connectivity index (χ1) is 16.6. The van der Waals surface area contributed by atoms with Crippen molar-refractivity contribution in [3.05, 3.63) is 99.5 Å². The number of nitrogens with one attached hydrogen (secondary N) is 1. The van der Waals surface area contributed by atoms with Crippen molar-refractivity contribution in [2.24, 2.45) is 0 Å². The number of hydrogen-bond donors (Lipinski definition) is 1. The van der Waals surface area contributed by atoms with Crippen LogP contribution in [0.3, 0.4) is 0 Å². The van der Waals surface area contributed by atoms with Crippen molar-refractivity contribution in [3.63, 3.8) is 0 Å². The molecule has 0 aromatic heterocycles. The molecule has 0 saturated carbocycles. The summed E-state index contributed by atoms with van der Waals surface area (Å²) in [5.74, 6) is -0.119. The quantitative estimate of drug-likeness (QED) is 0.349. The predicted octanol–water partition coefficient (Wildman–Crippen LogP) is 6.04. The van der Waals surface area contributed by atoms with E-state index in [1.165, 1.54) is 0 Å². The van der Waals surface area contributed by atoms with Crippen molar-refractivity contribution in [1.29, 1.82) is 0 Å². The van der Waals surface area contributed by atoms with E-state index in [4.69, 9.17) is 16.3 Å². The molecule has 0 radical (unpaired) electrons. The zero-order chi connectivity index (χ0) is 25.4. The fourth-order valence-electron chi connectivity index (χ4n) is 3.60. The van der Waals surface area contributed by atoms with E-state index in [1.54, 1.807) is 23.1 Å². The maximum atomic E-state index is 13.6. The van der Waals surface area contributed by atoms with E-state index in [2.05, 4.69) is 21.2 Å². The highest BCUT2D eigenvalue weighted by Gasteiger charge is 2.32. The summed E-state index contributed by atoms with van der Waals surface area (Å²) >= 11 is 9.64. The minimum absolute atomic E-state index is 0.215. The molecule has 2 amide bonds. The van der Waals surface area contributed by atoms with Gasteiger partial charge in [-0.15, -0.1) is 0 Å². The summed E-state index contributed by atoms with van der Waals surface area (Å²) in [6.45, 7) is 5.79. The van der Waals surface area contributed by atoms with Crippen LogP contribution in [0.4, 0.5) is 0 Å². The Balaban J connectivity index is 1.91. The lowest BCUT2D eigenvalue weighted by Gasteiger charge is -2.33. The van der Waals surface area contributed by atoms with Gasteiger partial charge in [0, 0.05) is 23.0 Å². The summed E-state index contributed by atoms with van der Waals surface area (Å²) in [5.41, 5.74) is 1.43. The fraction of sp³-hybridized carbons (Fsp3) is 0.286. The van der Waals surface area contributed by atoms with Gasteiger partial charge in [-0.05, 0) is 50.1 Å². The van der Waals surface area contributed by atoms with Crippen LogP contribution >= 0.6 is 27.5 Å². The van der Waals surface area contributed by atoms with E-state index >= 15 is 0 Å². The zero-order valence-corrected chi connectivity index (χ0v) is 22.5. The van der Waals surface area contributed by atoms with E-state index in [0.29, 0.717) is 17.2 Å². The Morgan fingerprint density at radius 3 is 2.14 bits per heavy atom. The molecule has 3 aromatic carbocycles. The minimum atomic E-state index is -0.728. The van der Waals surface area contributed by atoms with Crippen molar-refractivity contribution in [2.75, 3.05) is 6.61 Å². The number of carbonyl (C=O) groups excluding carboxylic acids is 2. The molecule has 0 aliphatic heterocycles. The SMILES string of the molecule is CC(C)(C)NC(=O)C(Cc1ccccc1)N(Cc1ccccc1)C(=O)COc1ccc(Br)cc1Cl. The van der Waals surface area contributed by atoms with Gasteiger partial charge >= 0.3 is 0 Å². The Kier molecular flexibility index (Phi) is 9.35. The molecule has 3 aromatic rings. The van der Waals surface area contributed by atoms with Crippen molar-refractivity contribution in [1.82, 2.24) is 10.2 Å². The molecule has 0 heterocycles. The van der Waals surface area contributed by atoms with Crippen LogP contribution in [0.15, 0.2) is 83.3 Å². The van der Waals surface area contributed by atoms with E-state index in [0.717, 1.165) is 15.6 Å². The Labute approximate surface area is 220 Å². The first-order valence-corrected chi connectivity index (χ1v) is 12.6. The Bertz CT molecular complexity index is 1130. The van der Waals surface area contributed by atoms with Gasteiger partial charge in [-0.1, -0.05) is 88.2 Å². The fourth-order valence-corrected chi connectivity index (χ4v) is 4.33. The highest BCUT2D eigenvalue weighted by Crippen LogP contribution is 2.28. The number of benzene rings is 3. The smallest absolute Gasteiger partial charge is 0.261 e. The molecule has 0 saturated heterocycles. The molecule has 184 valence electrons. The van der Waals surface area contributed by atoms with Gasteiger partial charge in [0.1, 0.15) is 11.8 Å². The molecular weight excluding hydrogens is 528 g/mol. The summed E-state index contributed by atoms with van der Waals surface area (Å²) in [7, 11) is 0. The van der Waals surface area contributed by atoms with Gasteiger partial charge < -0.3 is 15.0 Å². The highest BCUT2D eigenvalue weighted by atomic mass is 79.9. The number of halogens is 2. The number of ether oxygens (including phenoxy) is 1. The van der Waals surface area contributed by atoms with Gasteiger partial charge in [0.2, 0.25) is 5.91 Å². The molecule has 0 spiro atoms. The molecule has 7 heteroatoms. The van der Waals surface area contributed by atoms with Crippen LogP contribution < -0.4 is 10.1 Å². The van der Waals surface area contributed by atoms with Crippen LogP contribution in [0, 0.1) is 0 Å². The van der Waals surface area contributed by atoms with Crippen LogP contribution in [-0.2, 0) is 22.6 Å². The monoisotopic (exact) mass is 556 g/mol. The number of rotatable bonds is 9. The van der Waals surface area contributed by atoms with Crippen molar-refractivity contribution >= 4 is 39.3 Å². The zero-order valence-electron chi connectivity index (χ0n) is 20.1. The number of nitrogens with zero attached hydrogens (tertiary/aromatic N) is 1. The van der Waals surface area contributed by atoms with Gasteiger partial charge in [-0.2, -0.15) is 0 Å². The maximum absolute atomic E-state index is 13.6. The second kappa shape index (κ2) is 12.2. The van der Waals surface area contributed by atoms with Gasteiger partial charge in [-0.3, -0.25) is 9.59 Å². The maximum Gasteiger partial charge on any atom is 0.261 e. The lowest BCUT2D eigenvalue weighted by atomic mass is 10.0. The van der Waals surface area contributed by atoms with Crippen LogP contribution in [-0.4, -0.2) is 34.9 Å². The molecule has 0 aliphatic carbocycles. The molecule has 0 fully saturated rings. The standard InChI is InChI=1S/C28H30BrClN2O3/c1-28(2,3)31-27(34)24(16-20-10-6-4-7-11-20)32(18-21-12-8-5-9-13-21)26(33)19-35-25-15-14-22(29)17-23(25)30/h4-15,17,24H,16,18-19H2,1-3H3,(H,31,34). The third kappa shape index (κ3) is 8.41. The largest absolute Gasteiger partial charge is 0.482 e. The van der Waals surface area contributed by atoms with Crippen LogP contribution in [0.5, 0.6) is 5.75 Å². The predicted molar refractivity (Wildman–Crippen MR) is 143 cm³/mol. The minimum Gasteiger partial charge on any atom is -0.482 e. The van der Waals surface area contributed by atoms with Crippen molar-refractivity contribution < 1.29 is 14.3 Å². The van der Waals surface area contributed by atoms with Crippen LogP contribution in [0.1, 0.15) is 31.9 Å². The van der Waals surface area contributed by atoms with E-state index < -0.39 is 11.6 Å². The second-order valence-corrected chi connectivity index (χ2v) is 10.6. The Hall–Kier alpha value is -2.83. The summed E-state index contributed by atoms with van der Waals surface area (Å²) < 4.78 is 6.59. The molecule has 1 atom stereocenters. The van der Waals surface area contributed by atoms with Crippen LogP contribution in [0.2, 0.25) is 5.02 Å². The van der Waals surface area contributed by atoms with Crippen LogP contribution in [0.25, 0.3) is 0 Å².